The first kappa shape index (κ1) is 25.9. The Balaban J connectivity index is 1.91. The van der Waals surface area contributed by atoms with Crippen LogP contribution in [-0.2, 0) is 19.6 Å². The summed E-state index contributed by atoms with van der Waals surface area (Å²) in [5, 5.41) is 15.6. The van der Waals surface area contributed by atoms with E-state index in [1.54, 1.807) is 19.9 Å². The van der Waals surface area contributed by atoms with E-state index in [1.807, 2.05) is 0 Å². The van der Waals surface area contributed by atoms with Crippen LogP contribution in [0.25, 0.3) is 0 Å². The van der Waals surface area contributed by atoms with E-state index in [1.165, 1.54) is 31.3 Å². The second-order valence-electron chi connectivity index (χ2n) is 8.08. The number of nitrogens with one attached hydrogen (secondary N) is 1. The Bertz CT molecular complexity index is 1250. The van der Waals surface area contributed by atoms with Crippen LogP contribution in [0.2, 0.25) is 0 Å². The number of hydrogen-bond acceptors (Lipinski definition) is 3. The Morgan fingerprint density at radius 3 is 2.26 bits per heavy atom. The van der Waals surface area contributed by atoms with E-state index in [-0.39, 0.29) is 23.2 Å². The quantitative estimate of drug-likeness (QED) is 0.426. The molecule has 0 aliphatic carbocycles. The predicted octanol–water partition coefficient (Wildman–Crippen LogP) is 5.46. The van der Waals surface area contributed by atoms with Gasteiger partial charge < -0.3 is 10.4 Å². The molecule has 2 N–H and O–H groups in total. The first-order chi connectivity index (χ1) is 16.3. The van der Waals surface area contributed by atoms with Gasteiger partial charge in [0.15, 0.2) is 0 Å². The zero-order valence-electron chi connectivity index (χ0n) is 19.0. The molecule has 0 radical (unpaired) electrons. The number of nitrogens with zero attached hydrogens (tertiary/aromatic N) is 2. The van der Waals surface area contributed by atoms with Gasteiger partial charge in [-0.25, -0.2) is 13.6 Å². The van der Waals surface area contributed by atoms with Crippen LogP contribution in [-0.4, -0.2) is 26.8 Å². The number of carbonyl (C=O) groups excluding carboxylic acids is 1. The highest BCUT2D eigenvalue weighted by molar-refractivity contribution is 5.97. The number of carboxylic acid groups (broad SMARTS) is 1. The molecule has 6 nitrogen and oxygen atoms in total. The molecular weight excluding hydrogens is 473 g/mol. The lowest BCUT2D eigenvalue weighted by atomic mass is 10.00. The van der Waals surface area contributed by atoms with Crippen molar-refractivity contribution < 1.29 is 36.6 Å². The lowest BCUT2D eigenvalue weighted by molar-refractivity contribution is -0.137. The molecule has 0 saturated heterocycles. The lowest BCUT2D eigenvalue weighted by Crippen LogP contribution is -2.28. The second kappa shape index (κ2) is 9.85. The fraction of sp³-hybridized carbons (Fsp3) is 0.292. The summed E-state index contributed by atoms with van der Waals surface area (Å²) < 4.78 is 67.0. The molecule has 11 heteroatoms. The van der Waals surface area contributed by atoms with Gasteiger partial charge in [0.2, 0.25) is 0 Å². The maximum Gasteiger partial charge on any atom is 0.416 e. The number of halogens is 5. The summed E-state index contributed by atoms with van der Waals surface area (Å²) in [7, 11) is 1.37. The van der Waals surface area contributed by atoms with Crippen molar-refractivity contribution in [3.8, 4) is 0 Å². The van der Waals surface area contributed by atoms with Gasteiger partial charge in [0.05, 0.1) is 28.4 Å². The smallest absolute Gasteiger partial charge is 0.416 e. The number of aromatic nitrogens is 2. The Kier molecular flexibility index (Phi) is 7.27. The van der Waals surface area contributed by atoms with Crippen molar-refractivity contribution in [1.29, 1.82) is 0 Å². The molecule has 1 heterocycles. The third kappa shape index (κ3) is 5.67. The molecule has 0 aliphatic rings. The van der Waals surface area contributed by atoms with E-state index < -0.39 is 41.8 Å². The van der Waals surface area contributed by atoms with E-state index in [2.05, 4.69) is 10.4 Å². The minimum Gasteiger partial charge on any atom is -0.478 e. The van der Waals surface area contributed by atoms with Crippen LogP contribution in [0, 0.1) is 6.92 Å². The van der Waals surface area contributed by atoms with E-state index >= 15 is 0 Å². The van der Waals surface area contributed by atoms with Crippen molar-refractivity contribution in [3.05, 3.63) is 87.2 Å². The average molecular weight is 495 g/mol. The van der Waals surface area contributed by atoms with Gasteiger partial charge in [-0.1, -0.05) is 24.3 Å². The topological polar surface area (TPSA) is 84.2 Å². The maximum absolute atomic E-state index is 13.7. The molecule has 35 heavy (non-hydrogen) atoms. The second-order valence-corrected chi connectivity index (χ2v) is 8.08. The molecular formula is C24H22F5N3O3. The van der Waals surface area contributed by atoms with Crippen LogP contribution in [0.4, 0.5) is 22.0 Å². The van der Waals surface area contributed by atoms with E-state index in [9.17, 15) is 36.6 Å². The van der Waals surface area contributed by atoms with Gasteiger partial charge in [-0.15, -0.1) is 0 Å². The molecule has 2 aromatic carbocycles. The SMILES string of the molecule is Cc1cc(C(C)NC(=O)c2c(C(F)F)nn(C)c2Cc2ccc(C(F)(F)F)cc2)ccc1C(=O)O. The summed E-state index contributed by atoms with van der Waals surface area (Å²) in [4.78, 5) is 24.3. The largest absolute Gasteiger partial charge is 0.478 e. The standard InChI is InChI=1S/C24H22F5N3O3/c1-12-10-15(6-9-17(12)23(34)35)13(2)30-22(33)19-18(32(3)31-20(19)21(25)26)11-14-4-7-16(8-5-14)24(27,28)29/h4-10,13,21H,11H2,1-3H3,(H,30,33)(H,34,35). The molecule has 186 valence electrons. The molecule has 0 aliphatic heterocycles. The summed E-state index contributed by atoms with van der Waals surface area (Å²) in [6.45, 7) is 3.21. The first-order valence-corrected chi connectivity index (χ1v) is 10.4. The molecule has 0 spiro atoms. The Labute approximate surface area is 197 Å². The fourth-order valence-corrected chi connectivity index (χ4v) is 3.74. The van der Waals surface area contributed by atoms with Gasteiger partial charge in [0, 0.05) is 13.5 Å². The van der Waals surface area contributed by atoms with Crippen LogP contribution >= 0.6 is 0 Å². The van der Waals surface area contributed by atoms with E-state index in [0.717, 1.165) is 16.8 Å². The molecule has 1 aromatic heterocycles. The monoisotopic (exact) mass is 495 g/mol. The van der Waals surface area contributed by atoms with Crippen LogP contribution in [0.3, 0.4) is 0 Å². The van der Waals surface area contributed by atoms with Gasteiger partial charge in [0.1, 0.15) is 5.69 Å². The normalized spacial score (nSPS) is 12.6. The van der Waals surface area contributed by atoms with Gasteiger partial charge in [-0.05, 0) is 48.7 Å². The van der Waals surface area contributed by atoms with Crippen LogP contribution in [0.1, 0.15) is 73.7 Å². The fourth-order valence-electron chi connectivity index (χ4n) is 3.74. The van der Waals surface area contributed by atoms with Crippen LogP contribution < -0.4 is 5.32 Å². The van der Waals surface area contributed by atoms with Gasteiger partial charge in [0.25, 0.3) is 12.3 Å². The Morgan fingerprint density at radius 2 is 1.74 bits per heavy atom. The molecule has 1 atom stereocenters. The van der Waals surface area contributed by atoms with Gasteiger partial charge in [-0.2, -0.15) is 18.3 Å². The van der Waals surface area contributed by atoms with Crippen molar-refractivity contribution in [2.45, 2.75) is 38.9 Å². The first-order valence-electron chi connectivity index (χ1n) is 10.4. The number of amides is 1. The molecule has 1 unspecified atom stereocenters. The summed E-state index contributed by atoms with van der Waals surface area (Å²) in [5.74, 6) is -1.93. The number of hydrogen-bond donors (Lipinski definition) is 2. The van der Waals surface area contributed by atoms with Crippen molar-refractivity contribution in [2.24, 2.45) is 7.05 Å². The van der Waals surface area contributed by atoms with E-state index in [0.29, 0.717) is 16.7 Å². The number of aryl methyl sites for hydroxylation is 2. The van der Waals surface area contributed by atoms with Gasteiger partial charge >= 0.3 is 12.1 Å². The highest BCUT2D eigenvalue weighted by atomic mass is 19.4. The predicted molar refractivity (Wildman–Crippen MR) is 116 cm³/mol. The summed E-state index contributed by atoms with van der Waals surface area (Å²) in [6, 6.07) is 8.02. The molecule has 0 fully saturated rings. The minimum atomic E-state index is -4.52. The van der Waals surface area contributed by atoms with Crippen molar-refractivity contribution in [1.82, 2.24) is 15.1 Å². The van der Waals surface area contributed by atoms with Crippen molar-refractivity contribution in [3.63, 3.8) is 0 Å². The zero-order valence-corrected chi connectivity index (χ0v) is 19.0. The van der Waals surface area contributed by atoms with E-state index in [4.69, 9.17) is 0 Å². The lowest BCUT2D eigenvalue weighted by Gasteiger charge is -2.17. The van der Waals surface area contributed by atoms with Crippen LogP contribution in [0.5, 0.6) is 0 Å². The van der Waals surface area contributed by atoms with Crippen LogP contribution in [0.15, 0.2) is 42.5 Å². The highest BCUT2D eigenvalue weighted by Gasteiger charge is 2.31. The number of aromatic carboxylic acids is 1. The number of rotatable bonds is 7. The Hall–Kier alpha value is -3.76. The Morgan fingerprint density at radius 1 is 1.11 bits per heavy atom. The highest BCUT2D eigenvalue weighted by Crippen LogP contribution is 2.31. The minimum absolute atomic E-state index is 0.0957. The van der Waals surface area contributed by atoms with Gasteiger partial charge in [-0.3, -0.25) is 9.48 Å². The number of carboxylic acids is 1. The number of alkyl halides is 5. The summed E-state index contributed by atoms with van der Waals surface area (Å²) in [5.41, 5.74) is -0.328. The summed E-state index contributed by atoms with van der Waals surface area (Å²) >= 11 is 0. The molecule has 0 bridgehead atoms. The molecule has 3 rings (SSSR count). The maximum atomic E-state index is 13.7. The zero-order chi connectivity index (χ0) is 26.1. The molecule has 1 amide bonds. The molecule has 0 saturated carbocycles. The number of benzene rings is 2. The number of carbonyl (C=O) groups is 2. The van der Waals surface area contributed by atoms with Crippen molar-refractivity contribution in [2.75, 3.05) is 0 Å². The average Bonchev–Trinajstić information content (AvgIpc) is 3.09. The third-order valence-corrected chi connectivity index (χ3v) is 5.61. The third-order valence-electron chi connectivity index (χ3n) is 5.61. The summed E-state index contributed by atoms with van der Waals surface area (Å²) in [6.07, 6.45) is -7.68. The molecule has 3 aromatic rings. The van der Waals surface area contributed by atoms with Crippen molar-refractivity contribution >= 4 is 11.9 Å².